The van der Waals surface area contributed by atoms with Crippen LogP contribution in [0, 0.1) is 0 Å². The molecule has 1 aromatic carbocycles. The average molecular weight is 310 g/mol. The highest BCUT2D eigenvalue weighted by Crippen LogP contribution is 2.37. The molecule has 1 amide bonds. The average Bonchev–Trinajstić information content (AvgIpc) is 3.44. The summed E-state index contributed by atoms with van der Waals surface area (Å²) in [6.07, 6.45) is 5.39. The Balaban J connectivity index is 1.67. The number of hydrogen-bond donors (Lipinski definition) is 0. The van der Waals surface area contributed by atoms with Crippen LogP contribution in [0.15, 0.2) is 42.7 Å². The third-order valence-corrected chi connectivity index (χ3v) is 4.16. The molecule has 0 saturated carbocycles. The summed E-state index contributed by atoms with van der Waals surface area (Å²) in [6, 6.07) is 9.56. The molecule has 5 heteroatoms. The Labute approximate surface area is 134 Å². The summed E-state index contributed by atoms with van der Waals surface area (Å²) < 4.78 is 11.1. The predicted octanol–water partition coefficient (Wildman–Crippen LogP) is 2.45. The smallest absolute Gasteiger partial charge is 0.259 e. The third kappa shape index (κ3) is 2.92. The molecule has 4 rings (SSSR count). The summed E-state index contributed by atoms with van der Waals surface area (Å²) in [6.45, 7) is 1.99. The molecular formula is C18H18N2O3. The molecule has 1 fully saturated rings. The van der Waals surface area contributed by atoms with Crippen molar-refractivity contribution in [1.82, 2.24) is 4.98 Å². The number of hydrogen-bond acceptors (Lipinski definition) is 4. The minimum Gasteiger partial charge on any atom is -0.489 e. The highest BCUT2D eigenvalue weighted by atomic mass is 16.6. The lowest BCUT2D eigenvalue weighted by atomic mass is 10.00. The number of epoxide rings is 1. The van der Waals surface area contributed by atoms with E-state index in [1.807, 2.05) is 17.0 Å². The molecule has 1 aromatic heterocycles. The second kappa shape index (κ2) is 6.01. The van der Waals surface area contributed by atoms with Gasteiger partial charge in [-0.3, -0.25) is 9.78 Å². The zero-order valence-electron chi connectivity index (χ0n) is 12.8. The molecular weight excluding hydrogens is 292 g/mol. The van der Waals surface area contributed by atoms with Gasteiger partial charge in [-0.05, 0) is 36.6 Å². The standard InChI is InChI=1S/C18H18N2O3/c21-18(14-5-2-8-19-10-14)20-9-3-6-13-4-1-7-16(17(13)20)23-12-15-11-22-15/h1-2,4-5,7-8,10,15H,3,6,9,11-12H2. The zero-order chi connectivity index (χ0) is 15.6. The largest absolute Gasteiger partial charge is 0.489 e. The van der Waals surface area contributed by atoms with Crippen LogP contribution in [0.3, 0.4) is 0 Å². The Morgan fingerprint density at radius 1 is 1.35 bits per heavy atom. The van der Waals surface area contributed by atoms with Crippen molar-refractivity contribution in [3.8, 4) is 5.75 Å². The van der Waals surface area contributed by atoms with Crippen LogP contribution in [0.1, 0.15) is 22.3 Å². The van der Waals surface area contributed by atoms with E-state index in [0.29, 0.717) is 18.7 Å². The summed E-state index contributed by atoms with van der Waals surface area (Å²) in [7, 11) is 0. The number of aromatic nitrogens is 1. The second-order valence-corrected chi connectivity index (χ2v) is 5.83. The molecule has 1 unspecified atom stereocenters. The fourth-order valence-corrected chi connectivity index (χ4v) is 2.93. The summed E-state index contributed by atoms with van der Waals surface area (Å²) in [4.78, 5) is 18.7. The number of para-hydroxylation sites is 1. The number of fused-ring (bicyclic) bond motifs is 1. The van der Waals surface area contributed by atoms with Crippen molar-refractivity contribution in [2.24, 2.45) is 0 Å². The number of pyridine rings is 1. The minimum atomic E-state index is -0.0298. The van der Waals surface area contributed by atoms with Crippen LogP contribution in [0.2, 0.25) is 0 Å². The quantitative estimate of drug-likeness (QED) is 0.814. The van der Waals surface area contributed by atoms with Crippen molar-refractivity contribution in [3.63, 3.8) is 0 Å². The number of ether oxygens (including phenoxy) is 2. The Morgan fingerprint density at radius 3 is 3.04 bits per heavy atom. The van der Waals surface area contributed by atoms with Crippen molar-refractivity contribution < 1.29 is 14.3 Å². The van der Waals surface area contributed by atoms with Gasteiger partial charge in [-0.2, -0.15) is 0 Å². The van der Waals surface area contributed by atoms with Crippen molar-refractivity contribution in [2.45, 2.75) is 18.9 Å². The summed E-state index contributed by atoms with van der Waals surface area (Å²) in [5.41, 5.74) is 2.65. The topological polar surface area (TPSA) is 55.0 Å². The number of nitrogens with zero attached hydrogens (tertiary/aromatic N) is 2. The van der Waals surface area contributed by atoms with Crippen LogP contribution in [0.4, 0.5) is 5.69 Å². The highest BCUT2D eigenvalue weighted by molar-refractivity contribution is 6.07. The summed E-state index contributed by atoms with van der Waals surface area (Å²) in [5.74, 6) is 0.729. The van der Waals surface area contributed by atoms with Crippen LogP contribution in [0.25, 0.3) is 0 Å². The number of rotatable bonds is 4. The minimum absolute atomic E-state index is 0.0298. The van der Waals surface area contributed by atoms with E-state index in [1.54, 1.807) is 24.5 Å². The van der Waals surface area contributed by atoms with Gasteiger partial charge in [0.1, 0.15) is 18.5 Å². The molecule has 0 spiro atoms. The number of carbonyl (C=O) groups is 1. The molecule has 118 valence electrons. The summed E-state index contributed by atoms with van der Waals surface area (Å²) >= 11 is 0. The first-order valence-corrected chi connectivity index (χ1v) is 7.91. The van der Waals surface area contributed by atoms with E-state index in [1.165, 1.54) is 0 Å². The van der Waals surface area contributed by atoms with Gasteiger partial charge < -0.3 is 14.4 Å². The first-order chi connectivity index (χ1) is 11.3. The SMILES string of the molecule is O=C(c1cccnc1)N1CCCc2cccc(OCC3CO3)c21. The molecule has 1 atom stereocenters. The maximum absolute atomic E-state index is 12.9. The normalized spacial score (nSPS) is 19.1. The molecule has 2 aromatic rings. The summed E-state index contributed by atoms with van der Waals surface area (Å²) in [5, 5.41) is 0. The Hall–Kier alpha value is -2.40. The van der Waals surface area contributed by atoms with E-state index >= 15 is 0 Å². The van der Waals surface area contributed by atoms with Crippen LogP contribution in [-0.2, 0) is 11.2 Å². The van der Waals surface area contributed by atoms with E-state index in [4.69, 9.17) is 9.47 Å². The van der Waals surface area contributed by atoms with E-state index in [-0.39, 0.29) is 12.0 Å². The van der Waals surface area contributed by atoms with Crippen LogP contribution >= 0.6 is 0 Å². The molecule has 23 heavy (non-hydrogen) atoms. The second-order valence-electron chi connectivity index (χ2n) is 5.83. The van der Waals surface area contributed by atoms with Crippen LogP contribution in [0.5, 0.6) is 5.75 Å². The first kappa shape index (κ1) is 14.2. The van der Waals surface area contributed by atoms with Gasteiger partial charge in [0.15, 0.2) is 0 Å². The fraction of sp³-hybridized carbons (Fsp3) is 0.333. The number of carbonyl (C=O) groups excluding carboxylic acids is 1. The molecule has 0 N–H and O–H groups in total. The van der Waals surface area contributed by atoms with E-state index in [0.717, 1.165) is 36.4 Å². The van der Waals surface area contributed by atoms with Gasteiger partial charge in [0, 0.05) is 18.9 Å². The van der Waals surface area contributed by atoms with Gasteiger partial charge in [-0.15, -0.1) is 0 Å². The molecule has 2 aliphatic heterocycles. The Kier molecular flexibility index (Phi) is 3.71. The molecule has 0 radical (unpaired) electrons. The van der Waals surface area contributed by atoms with E-state index in [2.05, 4.69) is 11.1 Å². The van der Waals surface area contributed by atoms with Gasteiger partial charge in [0.05, 0.1) is 17.9 Å². The third-order valence-electron chi connectivity index (χ3n) is 4.16. The number of anilines is 1. The molecule has 5 nitrogen and oxygen atoms in total. The number of amides is 1. The first-order valence-electron chi connectivity index (χ1n) is 7.91. The molecule has 3 heterocycles. The fourth-order valence-electron chi connectivity index (χ4n) is 2.93. The lowest BCUT2D eigenvalue weighted by molar-refractivity contribution is 0.0983. The maximum atomic E-state index is 12.9. The predicted molar refractivity (Wildman–Crippen MR) is 85.9 cm³/mol. The van der Waals surface area contributed by atoms with Gasteiger partial charge in [0.2, 0.25) is 0 Å². The lowest BCUT2D eigenvalue weighted by Crippen LogP contribution is -2.36. The molecule has 2 aliphatic rings. The van der Waals surface area contributed by atoms with Crippen molar-refractivity contribution in [3.05, 3.63) is 53.9 Å². The zero-order valence-corrected chi connectivity index (χ0v) is 12.8. The van der Waals surface area contributed by atoms with Crippen LogP contribution < -0.4 is 9.64 Å². The maximum Gasteiger partial charge on any atom is 0.259 e. The Morgan fingerprint density at radius 2 is 2.26 bits per heavy atom. The molecule has 0 bridgehead atoms. The number of aryl methyl sites for hydroxylation is 1. The van der Waals surface area contributed by atoms with Crippen LogP contribution in [-0.4, -0.2) is 36.8 Å². The number of benzene rings is 1. The highest BCUT2D eigenvalue weighted by Gasteiger charge is 2.29. The van der Waals surface area contributed by atoms with Gasteiger partial charge in [-0.25, -0.2) is 0 Å². The van der Waals surface area contributed by atoms with E-state index in [9.17, 15) is 4.79 Å². The van der Waals surface area contributed by atoms with E-state index < -0.39 is 0 Å². The monoisotopic (exact) mass is 310 g/mol. The van der Waals surface area contributed by atoms with Gasteiger partial charge in [-0.1, -0.05) is 12.1 Å². The van der Waals surface area contributed by atoms with Crippen molar-refractivity contribution >= 4 is 11.6 Å². The van der Waals surface area contributed by atoms with Crippen molar-refractivity contribution in [1.29, 1.82) is 0 Å². The molecule has 1 saturated heterocycles. The lowest BCUT2D eigenvalue weighted by Gasteiger charge is -2.31. The van der Waals surface area contributed by atoms with Gasteiger partial charge >= 0.3 is 0 Å². The van der Waals surface area contributed by atoms with Gasteiger partial charge in [0.25, 0.3) is 5.91 Å². The Bertz CT molecular complexity index is 713. The van der Waals surface area contributed by atoms with Crippen molar-refractivity contribution in [2.75, 3.05) is 24.7 Å². The molecule has 0 aliphatic carbocycles.